The second-order valence-electron chi connectivity index (χ2n) is 12.0. The van der Waals surface area contributed by atoms with E-state index in [0.717, 1.165) is 38.6 Å². The summed E-state index contributed by atoms with van der Waals surface area (Å²) in [4.78, 5) is 15.0. The lowest BCUT2D eigenvalue weighted by molar-refractivity contribution is 0.669. The molecule has 0 fully saturated rings. The van der Waals surface area contributed by atoms with Crippen LogP contribution in [0.1, 0.15) is 6.85 Å². The molecule has 0 amide bonds. The zero-order valence-corrected chi connectivity index (χ0v) is 27.2. The van der Waals surface area contributed by atoms with Crippen LogP contribution in [0, 0.1) is 0 Å². The molecule has 0 bridgehead atoms. The molecule has 4 nitrogen and oxygen atoms in total. The smallest absolute Gasteiger partial charge is 0.164 e. The summed E-state index contributed by atoms with van der Waals surface area (Å²) in [5.41, 5.74) is 6.44. The van der Waals surface area contributed by atoms with E-state index >= 15 is 0 Å². The summed E-state index contributed by atoms with van der Waals surface area (Å²) in [5.74, 6) is 1.29. The van der Waals surface area contributed by atoms with Crippen molar-refractivity contribution in [1.29, 1.82) is 0 Å². The van der Waals surface area contributed by atoms with Crippen LogP contribution in [0.5, 0.6) is 0 Å². The van der Waals surface area contributed by atoms with Crippen molar-refractivity contribution in [2.75, 3.05) is 0 Å². The number of fused-ring (bicyclic) bond motifs is 6. The average molecular weight is 663 g/mol. The Labute approximate surface area is 299 Å². The molecule has 0 saturated heterocycles. The minimum Gasteiger partial charge on any atom is -0.456 e. The molecule has 0 N–H and O–H groups in total. The third-order valence-electron chi connectivity index (χ3n) is 9.03. The summed E-state index contributed by atoms with van der Waals surface area (Å²) in [6.45, 7) is 0. The lowest BCUT2D eigenvalue weighted by Gasteiger charge is -2.10. The van der Waals surface area contributed by atoms with Gasteiger partial charge in [0.1, 0.15) is 11.2 Å². The van der Waals surface area contributed by atoms with Gasteiger partial charge >= 0.3 is 0 Å². The normalized spacial score (nSPS) is 13.0. The summed E-state index contributed by atoms with van der Waals surface area (Å²) in [7, 11) is 0. The van der Waals surface area contributed by atoms with E-state index in [0.29, 0.717) is 34.2 Å². The van der Waals surface area contributed by atoms with E-state index < -0.39 is 6.04 Å². The lowest BCUT2D eigenvalue weighted by Crippen LogP contribution is -2.00. The van der Waals surface area contributed by atoms with Gasteiger partial charge < -0.3 is 4.42 Å². The number of nitrogens with zero attached hydrogens (tertiary/aromatic N) is 3. The Bertz CT molecular complexity index is 3150. The van der Waals surface area contributed by atoms with E-state index in [1.165, 1.54) is 20.2 Å². The maximum Gasteiger partial charge on any atom is 0.164 e. The Morgan fingerprint density at radius 2 is 1.16 bits per heavy atom. The minimum absolute atomic E-state index is 0.113. The van der Waals surface area contributed by atoms with Crippen molar-refractivity contribution in [3.8, 4) is 56.4 Å². The van der Waals surface area contributed by atoms with E-state index in [1.54, 1.807) is 29.5 Å². The summed E-state index contributed by atoms with van der Waals surface area (Å²) in [6.07, 6.45) is 0. The van der Waals surface area contributed by atoms with Crippen molar-refractivity contribution in [3.63, 3.8) is 0 Å². The first-order valence-corrected chi connectivity index (χ1v) is 17.0. The van der Waals surface area contributed by atoms with Gasteiger partial charge in [0.05, 0.1) is 6.85 Å². The van der Waals surface area contributed by atoms with Crippen molar-refractivity contribution in [3.05, 3.63) is 164 Å². The minimum atomic E-state index is -0.435. The second-order valence-corrected chi connectivity index (χ2v) is 13.1. The van der Waals surface area contributed by atoms with Gasteiger partial charge in [-0.25, -0.2) is 15.0 Å². The molecule has 10 aromatic rings. The van der Waals surface area contributed by atoms with Crippen LogP contribution in [0.3, 0.4) is 0 Å². The highest BCUT2D eigenvalue weighted by Gasteiger charge is 2.19. The fourth-order valence-electron chi connectivity index (χ4n) is 6.71. The largest absolute Gasteiger partial charge is 0.456 e. The van der Waals surface area contributed by atoms with Crippen LogP contribution in [-0.2, 0) is 0 Å². The number of rotatable bonds is 5. The first-order valence-electron chi connectivity index (χ1n) is 18.7. The molecule has 234 valence electrons. The van der Waals surface area contributed by atoms with Crippen molar-refractivity contribution < 1.29 is 11.3 Å². The van der Waals surface area contributed by atoms with Crippen LogP contribution >= 0.6 is 11.3 Å². The summed E-state index contributed by atoms with van der Waals surface area (Å²) >= 11 is 1.80. The first-order chi connectivity index (χ1) is 26.8. The van der Waals surface area contributed by atoms with Gasteiger partial charge in [-0.15, -0.1) is 11.3 Å². The van der Waals surface area contributed by atoms with Crippen LogP contribution in [-0.4, -0.2) is 15.0 Å². The Morgan fingerprint density at radius 1 is 0.460 bits per heavy atom. The molecule has 0 radical (unpaired) electrons. The highest BCUT2D eigenvalue weighted by atomic mass is 32.1. The fraction of sp³-hybridized carbons (Fsp3) is 0. The second kappa shape index (κ2) is 11.6. The first kappa shape index (κ1) is 23.8. The lowest BCUT2D eigenvalue weighted by atomic mass is 9.99. The topological polar surface area (TPSA) is 51.8 Å². The number of hydrogen-bond donors (Lipinski definition) is 0. The Kier molecular flexibility index (Phi) is 5.54. The van der Waals surface area contributed by atoms with Crippen LogP contribution in [0.15, 0.2) is 168 Å². The van der Waals surface area contributed by atoms with Crippen molar-refractivity contribution in [2.24, 2.45) is 0 Å². The molecule has 3 aromatic heterocycles. The number of thiophene rings is 1. The maximum atomic E-state index is 8.58. The number of furan rings is 1. The standard InChI is InChI=1S/C45H27N3OS/c1-3-12-28(13-4-1)30-16-9-17-32(26-30)44-46-43(29-14-5-2-6-15-29)47-45(48-44)36-21-11-22-39-41(36)37-27-31(24-25-38(37)49-39)33-19-10-20-35-34-18-7-8-23-40(34)50-42(33)35/h1-27H/i1D,3D,4D,12D,13D. The van der Waals surface area contributed by atoms with E-state index in [2.05, 4.69) is 54.6 Å². The summed E-state index contributed by atoms with van der Waals surface area (Å²) in [5, 5.41) is 4.30. The van der Waals surface area contributed by atoms with Crippen LogP contribution in [0.25, 0.3) is 98.5 Å². The zero-order valence-electron chi connectivity index (χ0n) is 31.4. The molecule has 0 aliphatic rings. The molecule has 0 spiro atoms. The number of aromatic nitrogens is 3. The predicted molar refractivity (Wildman–Crippen MR) is 207 cm³/mol. The Hall–Kier alpha value is -6.43. The SMILES string of the molecule is [2H]c1c([2H])c([2H])c(-c2cccc(-c3nc(-c4ccccc4)nc(-c4cccc5oc6ccc(-c7cccc8c7sc7ccccc78)cc6c45)n3)c2)c([2H])c1[2H]. The number of hydrogen-bond acceptors (Lipinski definition) is 5. The van der Waals surface area contributed by atoms with Gasteiger partial charge in [0, 0.05) is 47.6 Å². The van der Waals surface area contributed by atoms with Crippen LogP contribution < -0.4 is 0 Å². The van der Waals surface area contributed by atoms with Gasteiger partial charge in [0.2, 0.25) is 0 Å². The zero-order chi connectivity index (χ0) is 37.4. The van der Waals surface area contributed by atoms with E-state index in [9.17, 15) is 0 Å². The molecule has 7 aromatic carbocycles. The highest BCUT2D eigenvalue weighted by Crippen LogP contribution is 2.43. The van der Waals surface area contributed by atoms with Crippen LogP contribution in [0.4, 0.5) is 0 Å². The fourth-order valence-corrected chi connectivity index (χ4v) is 7.94. The van der Waals surface area contributed by atoms with Gasteiger partial charge in [-0.1, -0.05) is 133 Å². The quantitative estimate of drug-likeness (QED) is 0.184. The van der Waals surface area contributed by atoms with Crippen molar-refractivity contribution >= 4 is 53.4 Å². The molecule has 3 heterocycles. The molecule has 0 atom stereocenters. The predicted octanol–water partition coefficient (Wildman–Crippen LogP) is 12.5. The van der Waals surface area contributed by atoms with E-state index in [4.69, 9.17) is 26.2 Å². The van der Waals surface area contributed by atoms with Crippen molar-refractivity contribution in [2.45, 2.75) is 0 Å². The van der Waals surface area contributed by atoms with Gasteiger partial charge in [-0.3, -0.25) is 0 Å². The van der Waals surface area contributed by atoms with E-state index in [-0.39, 0.29) is 29.7 Å². The maximum absolute atomic E-state index is 8.58. The van der Waals surface area contributed by atoms with Gasteiger partial charge in [0.25, 0.3) is 0 Å². The average Bonchev–Trinajstić information content (AvgIpc) is 3.81. The molecule has 10 rings (SSSR count). The molecule has 0 aliphatic carbocycles. The molecule has 0 aliphatic heterocycles. The Balaban J connectivity index is 1.17. The monoisotopic (exact) mass is 662 g/mol. The third kappa shape index (κ3) is 4.79. The summed E-state index contributed by atoms with van der Waals surface area (Å²) in [6, 6.07) is 42.2. The molecular weight excluding hydrogens is 631 g/mol. The van der Waals surface area contributed by atoms with Crippen LogP contribution in [0.2, 0.25) is 0 Å². The van der Waals surface area contributed by atoms with Gasteiger partial charge in [-0.05, 0) is 52.6 Å². The molecule has 0 unspecified atom stereocenters. The van der Waals surface area contributed by atoms with Crippen molar-refractivity contribution in [1.82, 2.24) is 15.0 Å². The van der Waals surface area contributed by atoms with Gasteiger partial charge in [-0.2, -0.15) is 0 Å². The third-order valence-corrected chi connectivity index (χ3v) is 10.2. The summed E-state index contributed by atoms with van der Waals surface area (Å²) < 4.78 is 50.6. The molecule has 50 heavy (non-hydrogen) atoms. The molecular formula is C45H27N3OS. The molecule has 0 saturated carbocycles. The number of benzene rings is 7. The van der Waals surface area contributed by atoms with E-state index in [1.807, 2.05) is 60.7 Å². The Morgan fingerprint density at radius 3 is 2.06 bits per heavy atom. The van der Waals surface area contributed by atoms with Gasteiger partial charge in [0.15, 0.2) is 17.5 Å². The highest BCUT2D eigenvalue weighted by molar-refractivity contribution is 7.26. The molecule has 5 heteroatoms.